The molecular weight excluding hydrogens is 416 g/mol. The summed E-state index contributed by atoms with van der Waals surface area (Å²) in [5.74, 6) is -0.285. The number of rotatable bonds is 6. The summed E-state index contributed by atoms with van der Waals surface area (Å²) in [7, 11) is 0. The molecule has 0 saturated carbocycles. The molecule has 1 aliphatic rings. The number of anilines is 2. The average molecular weight is 449 g/mol. The van der Waals surface area contributed by atoms with E-state index in [0.717, 1.165) is 37.1 Å². The monoisotopic (exact) mass is 448 g/mol. The van der Waals surface area contributed by atoms with Gasteiger partial charge in [-0.3, -0.25) is 4.79 Å². The summed E-state index contributed by atoms with van der Waals surface area (Å²) in [6.07, 6.45) is 2.72. The first kappa shape index (κ1) is 22.9. The molecule has 6 heteroatoms. The topological polar surface area (TPSA) is 82.8 Å². The van der Waals surface area contributed by atoms with Gasteiger partial charge in [0.15, 0.2) is 5.43 Å². The van der Waals surface area contributed by atoms with Crippen LogP contribution in [-0.4, -0.2) is 30.7 Å². The highest BCUT2D eigenvalue weighted by Crippen LogP contribution is 2.34. The van der Waals surface area contributed by atoms with Crippen molar-refractivity contribution in [3.8, 4) is 0 Å². The molecule has 1 saturated heterocycles. The molecular formula is C27H32N2O4. The van der Waals surface area contributed by atoms with Gasteiger partial charge in [-0.05, 0) is 67.9 Å². The van der Waals surface area contributed by atoms with Gasteiger partial charge < -0.3 is 19.7 Å². The maximum Gasteiger partial charge on any atom is 0.337 e. The van der Waals surface area contributed by atoms with Crippen LogP contribution in [0.25, 0.3) is 11.0 Å². The third-order valence-corrected chi connectivity index (χ3v) is 6.69. The molecule has 3 aromatic rings. The van der Waals surface area contributed by atoms with Crippen LogP contribution in [0, 0.1) is 19.3 Å². The van der Waals surface area contributed by atoms with Gasteiger partial charge >= 0.3 is 5.97 Å². The highest BCUT2D eigenvalue weighted by Gasteiger charge is 2.28. The van der Waals surface area contributed by atoms with E-state index in [-0.39, 0.29) is 11.0 Å². The first-order valence-electron chi connectivity index (χ1n) is 11.5. The minimum absolute atomic E-state index is 0.0187. The van der Waals surface area contributed by atoms with Gasteiger partial charge in [-0.15, -0.1) is 0 Å². The summed E-state index contributed by atoms with van der Waals surface area (Å²) >= 11 is 0. The van der Waals surface area contributed by atoms with Crippen molar-refractivity contribution in [1.82, 2.24) is 0 Å². The number of carbonyl (C=O) groups is 1. The fourth-order valence-corrected chi connectivity index (χ4v) is 4.57. The van der Waals surface area contributed by atoms with Gasteiger partial charge in [-0.25, -0.2) is 4.79 Å². The highest BCUT2D eigenvalue weighted by molar-refractivity contribution is 5.94. The Balaban J connectivity index is 1.65. The van der Waals surface area contributed by atoms with Crippen LogP contribution in [-0.2, 0) is 6.42 Å². The SMILES string of the molecule is Cc1cc(CCNc2ccccc2C(=O)O)c2oc(N3CCC(C)(C)CC3)c(C)c(=O)c2c1. The third-order valence-electron chi connectivity index (χ3n) is 6.69. The second-order valence-electron chi connectivity index (χ2n) is 9.84. The van der Waals surface area contributed by atoms with Gasteiger partial charge in [0.05, 0.1) is 16.5 Å². The van der Waals surface area contributed by atoms with Gasteiger partial charge in [0.1, 0.15) is 5.58 Å². The number of piperidine rings is 1. The van der Waals surface area contributed by atoms with E-state index in [1.807, 2.05) is 26.0 Å². The second-order valence-corrected chi connectivity index (χ2v) is 9.84. The average Bonchev–Trinajstić information content (AvgIpc) is 2.77. The quantitative estimate of drug-likeness (QED) is 0.526. The van der Waals surface area contributed by atoms with Crippen LogP contribution in [0.2, 0.25) is 0 Å². The fraction of sp³-hybridized carbons (Fsp3) is 0.407. The predicted molar refractivity (Wildman–Crippen MR) is 133 cm³/mol. The van der Waals surface area contributed by atoms with Crippen LogP contribution in [0.4, 0.5) is 11.6 Å². The number of aromatic carboxylic acids is 1. The predicted octanol–water partition coefficient (Wildman–Crippen LogP) is 5.39. The smallest absolute Gasteiger partial charge is 0.337 e. The first-order valence-corrected chi connectivity index (χ1v) is 11.5. The molecule has 2 N–H and O–H groups in total. The Labute approximate surface area is 194 Å². The minimum Gasteiger partial charge on any atom is -0.478 e. The van der Waals surface area contributed by atoms with Crippen molar-refractivity contribution in [1.29, 1.82) is 0 Å². The van der Waals surface area contributed by atoms with Gasteiger partial charge in [0.25, 0.3) is 0 Å². The number of hydrogen-bond donors (Lipinski definition) is 2. The number of nitrogens with one attached hydrogen (secondary N) is 1. The van der Waals surface area contributed by atoms with Gasteiger partial charge in [-0.2, -0.15) is 0 Å². The number of nitrogens with zero attached hydrogens (tertiary/aromatic N) is 1. The van der Waals surface area contributed by atoms with Crippen molar-refractivity contribution in [3.63, 3.8) is 0 Å². The summed E-state index contributed by atoms with van der Waals surface area (Å²) in [6, 6.07) is 10.8. The number of benzene rings is 2. The molecule has 6 nitrogen and oxygen atoms in total. The lowest BCUT2D eigenvalue weighted by Gasteiger charge is -2.37. The van der Waals surface area contributed by atoms with Crippen molar-refractivity contribution >= 4 is 28.5 Å². The Morgan fingerprint density at radius 2 is 1.85 bits per heavy atom. The number of carboxylic acids is 1. The van der Waals surface area contributed by atoms with Crippen LogP contribution in [0.5, 0.6) is 0 Å². The summed E-state index contributed by atoms with van der Waals surface area (Å²) < 4.78 is 6.44. The molecule has 0 radical (unpaired) electrons. The maximum atomic E-state index is 13.3. The third kappa shape index (κ3) is 4.75. The Kier molecular flexibility index (Phi) is 6.19. The van der Waals surface area contributed by atoms with E-state index in [4.69, 9.17) is 4.42 Å². The largest absolute Gasteiger partial charge is 0.478 e. The zero-order valence-electron chi connectivity index (χ0n) is 19.8. The van der Waals surface area contributed by atoms with Crippen LogP contribution >= 0.6 is 0 Å². The molecule has 0 unspecified atom stereocenters. The Bertz CT molecular complexity index is 1250. The van der Waals surface area contributed by atoms with Gasteiger partial charge in [-0.1, -0.05) is 32.0 Å². The molecule has 0 aliphatic carbocycles. The molecule has 2 aromatic carbocycles. The lowest BCUT2D eigenvalue weighted by atomic mass is 9.82. The minimum atomic E-state index is -0.963. The van der Waals surface area contributed by atoms with Crippen molar-refractivity contribution in [2.24, 2.45) is 5.41 Å². The standard InChI is InChI=1S/C27H32N2O4/c1-17-15-19(9-12-28-22-8-6-5-7-20(22)26(31)32)24-21(16-17)23(30)18(2)25(33-24)29-13-10-27(3,4)11-14-29/h5-8,15-16,28H,9-14H2,1-4H3,(H,31,32). The zero-order chi connectivity index (χ0) is 23.8. The summed E-state index contributed by atoms with van der Waals surface area (Å²) in [4.78, 5) is 26.9. The van der Waals surface area contributed by atoms with Crippen molar-refractivity contribution in [3.05, 3.63) is 68.9 Å². The zero-order valence-corrected chi connectivity index (χ0v) is 19.8. The van der Waals surface area contributed by atoms with Crippen molar-refractivity contribution in [2.75, 3.05) is 29.9 Å². The van der Waals surface area contributed by atoms with E-state index < -0.39 is 5.97 Å². The number of hydrogen-bond acceptors (Lipinski definition) is 5. The van der Waals surface area contributed by atoms with Gasteiger partial charge in [0, 0.05) is 25.3 Å². The van der Waals surface area contributed by atoms with Gasteiger partial charge in [0.2, 0.25) is 5.88 Å². The van der Waals surface area contributed by atoms with E-state index >= 15 is 0 Å². The lowest BCUT2D eigenvalue weighted by molar-refractivity contribution is 0.0698. The molecule has 1 aromatic heterocycles. The first-order chi connectivity index (χ1) is 15.7. The van der Waals surface area contributed by atoms with E-state index in [2.05, 4.69) is 30.1 Å². The molecule has 0 spiro atoms. The second kappa shape index (κ2) is 8.93. The van der Waals surface area contributed by atoms with Crippen LogP contribution < -0.4 is 15.6 Å². The van der Waals surface area contributed by atoms with Crippen LogP contribution in [0.3, 0.4) is 0 Å². The number of aryl methyl sites for hydroxylation is 1. The Morgan fingerprint density at radius 3 is 2.55 bits per heavy atom. The molecule has 0 atom stereocenters. The molecule has 33 heavy (non-hydrogen) atoms. The molecule has 1 fully saturated rings. The summed E-state index contributed by atoms with van der Waals surface area (Å²) in [6.45, 7) is 10.7. The maximum absolute atomic E-state index is 13.3. The Morgan fingerprint density at radius 1 is 1.15 bits per heavy atom. The van der Waals surface area contributed by atoms with Crippen molar-refractivity contribution < 1.29 is 14.3 Å². The molecule has 0 amide bonds. The fourth-order valence-electron chi connectivity index (χ4n) is 4.57. The van der Waals surface area contributed by atoms with Crippen LogP contribution in [0.15, 0.2) is 45.6 Å². The molecule has 0 bridgehead atoms. The van der Waals surface area contributed by atoms with E-state index in [9.17, 15) is 14.7 Å². The molecule has 174 valence electrons. The normalized spacial score (nSPS) is 15.6. The highest BCUT2D eigenvalue weighted by atomic mass is 16.4. The number of fused-ring (bicyclic) bond motifs is 1. The van der Waals surface area contributed by atoms with Crippen LogP contribution in [0.1, 0.15) is 53.7 Å². The molecule has 2 heterocycles. The molecule has 1 aliphatic heterocycles. The number of para-hydroxylation sites is 1. The summed E-state index contributed by atoms with van der Waals surface area (Å²) in [5.41, 5.74) is 4.38. The molecule has 4 rings (SSSR count). The van der Waals surface area contributed by atoms with E-state index in [0.29, 0.717) is 46.5 Å². The van der Waals surface area contributed by atoms with Crippen molar-refractivity contribution in [2.45, 2.75) is 47.0 Å². The summed E-state index contributed by atoms with van der Waals surface area (Å²) in [5, 5.41) is 13.2. The number of carboxylic acid groups (broad SMARTS) is 1. The van der Waals surface area contributed by atoms with E-state index in [1.54, 1.807) is 18.2 Å². The lowest BCUT2D eigenvalue weighted by Crippen LogP contribution is -2.38. The Hall–Kier alpha value is -3.28. The van der Waals surface area contributed by atoms with E-state index in [1.165, 1.54) is 0 Å².